The summed E-state index contributed by atoms with van der Waals surface area (Å²) in [6.07, 6.45) is 2.13. The van der Waals surface area contributed by atoms with Crippen molar-refractivity contribution in [2.75, 3.05) is 0 Å². The molecule has 0 bridgehead atoms. The van der Waals surface area contributed by atoms with Crippen LogP contribution in [0.3, 0.4) is 0 Å². The third kappa shape index (κ3) is 12.2. The second-order valence-electron chi connectivity index (χ2n) is 16.9. The van der Waals surface area contributed by atoms with Crippen molar-refractivity contribution in [3.8, 4) is 33.4 Å². The number of fused-ring (bicyclic) bond motifs is 3. The van der Waals surface area contributed by atoms with Crippen LogP contribution in [0.1, 0.15) is 92.5 Å². The SMILES string of the molecule is CC(C)(C)c1cc2c([c-]c1-c1ccccc1)Cc1cc(-c3ccccc3)c(C(C)(C)C)cc1-2.Cl.Cl.FC(F)(F)c1ccc([C](=[Hf+2])c2ccc(C(F)(F)F)cc2)cc1.[C-]1=CC=CC1. The molecule has 0 spiro atoms. The Kier molecular flexibility index (Phi) is 16.6. The van der Waals surface area contributed by atoms with Crippen molar-refractivity contribution < 1.29 is 50.2 Å². The Hall–Kier alpha value is -4.30. The average Bonchev–Trinajstić information content (AvgIpc) is 3.91. The number of hydrogen-bond acceptors (Lipinski definition) is 0. The molecule has 0 amide bonds. The summed E-state index contributed by atoms with van der Waals surface area (Å²) < 4.78 is 75.7. The van der Waals surface area contributed by atoms with E-state index in [1.807, 2.05) is 12.2 Å². The van der Waals surface area contributed by atoms with Crippen molar-refractivity contribution in [1.29, 1.82) is 0 Å². The van der Waals surface area contributed by atoms with Gasteiger partial charge in [-0.05, 0) is 39.5 Å². The van der Waals surface area contributed by atoms with Gasteiger partial charge < -0.3 is 0 Å². The number of halogens is 8. The van der Waals surface area contributed by atoms with Crippen molar-refractivity contribution in [1.82, 2.24) is 0 Å². The molecule has 0 aliphatic heterocycles. The van der Waals surface area contributed by atoms with E-state index in [9.17, 15) is 26.3 Å². The van der Waals surface area contributed by atoms with Crippen molar-refractivity contribution in [3.05, 3.63) is 202 Å². The van der Waals surface area contributed by atoms with E-state index in [0.29, 0.717) is 35.0 Å². The molecule has 0 heterocycles. The van der Waals surface area contributed by atoms with E-state index in [-0.39, 0.29) is 35.6 Å². The van der Waals surface area contributed by atoms with Gasteiger partial charge in [-0.1, -0.05) is 131 Å². The summed E-state index contributed by atoms with van der Waals surface area (Å²) in [5, 5.41) is 0. The Morgan fingerprint density at radius 2 is 1.02 bits per heavy atom. The van der Waals surface area contributed by atoms with Crippen molar-refractivity contribution >= 4 is 28.1 Å². The fourth-order valence-corrected chi connectivity index (χ4v) is 8.46. The Bertz CT molecular complexity index is 2330. The van der Waals surface area contributed by atoms with Gasteiger partial charge in [0.1, 0.15) is 0 Å². The summed E-state index contributed by atoms with van der Waals surface area (Å²) in [7, 11) is 0. The van der Waals surface area contributed by atoms with Crippen LogP contribution in [0.4, 0.5) is 26.3 Å². The van der Waals surface area contributed by atoms with Crippen LogP contribution in [-0.2, 0) is 53.5 Å². The maximum absolute atomic E-state index is 12.5. The first-order valence-electron chi connectivity index (χ1n) is 19.8. The second-order valence-corrected chi connectivity index (χ2v) is 18.7. The minimum absolute atomic E-state index is 0. The zero-order valence-electron chi connectivity index (χ0n) is 35.4. The van der Waals surface area contributed by atoms with E-state index in [0.717, 1.165) is 40.4 Å². The quantitative estimate of drug-likeness (QED) is 0.0936. The molecule has 6 aromatic carbocycles. The summed E-state index contributed by atoms with van der Waals surface area (Å²) >= 11 is 0.493. The largest absolute Gasteiger partial charge is 0.273 e. The first-order chi connectivity index (χ1) is 28.2. The predicted octanol–water partition coefficient (Wildman–Crippen LogP) is 16.0. The Morgan fingerprint density at radius 3 is 1.42 bits per heavy atom. The first kappa shape index (κ1) is 50.3. The van der Waals surface area contributed by atoms with Gasteiger partial charge in [-0.15, -0.1) is 60.1 Å². The maximum atomic E-state index is 12.5. The van der Waals surface area contributed by atoms with Crippen LogP contribution in [0.5, 0.6) is 0 Å². The van der Waals surface area contributed by atoms with Crippen LogP contribution >= 0.6 is 24.8 Å². The minimum Gasteiger partial charge on any atom is -0.273 e. The van der Waals surface area contributed by atoms with Crippen molar-refractivity contribution in [3.63, 3.8) is 0 Å². The molecule has 0 aromatic heterocycles. The van der Waals surface area contributed by atoms with Gasteiger partial charge in [-0.3, -0.25) is 6.08 Å². The van der Waals surface area contributed by atoms with Crippen molar-refractivity contribution in [2.24, 2.45) is 0 Å². The van der Waals surface area contributed by atoms with Gasteiger partial charge in [0.2, 0.25) is 0 Å². The van der Waals surface area contributed by atoms with Crippen molar-refractivity contribution in [2.45, 2.75) is 77.6 Å². The molecular weight excluding hydrogens is 1000 g/mol. The van der Waals surface area contributed by atoms with Crippen LogP contribution in [0, 0.1) is 12.1 Å². The summed E-state index contributed by atoms with van der Waals surface area (Å²) in [5.74, 6) is 0. The third-order valence-corrected chi connectivity index (χ3v) is 12.5. The van der Waals surface area contributed by atoms with E-state index in [1.54, 1.807) is 0 Å². The minimum atomic E-state index is -4.40. The summed E-state index contributed by atoms with van der Waals surface area (Å²) in [4.78, 5) is 0. The summed E-state index contributed by atoms with van der Waals surface area (Å²) in [5.41, 5.74) is 13.2. The van der Waals surface area contributed by atoms with E-state index in [1.165, 1.54) is 79.9 Å². The van der Waals surface area contributed by atoms with Gasteiger partial charge in [0.05, 0.1) is 0 Å². The number of allylic oxidation sites excluding steroid dienone is 4. The van der Waals surface area contributed by atoms with Gasteiger partial charge in [-0.2, -0.15) is 6.08 Å². The molecule has 0 saturated carbocycles. The molecule has 62 heavy (non-hydrogen) atoms. The Labute approximate surface area is 389 Å². The molecule has 0 atom stereocenters. The zero-order chi connectivity index (χ0) is 43.5. The van der Waals surface area contributed by atoms with Gasteiger partial charge in [0.15, 0.2) is 0 Å². The molecule has 8 rings (SSSR count). The molecule has 0 saturated heterocycles. The second kappa shape index (κ2) is 20.5. The molecule has 0 radical (unpaired) electrons. The Morgan fingerprint density at radius 1 is 0.548 bits per heavy atom. The van der Waals surface area contributed by atoms with E-state index < -0.39 is 23.5 Å². The predicted molar refractivity (Wildman–Crippen MR) is 244 cm³/mol. The molecule has 320 valence electrons. The fourth-order valence-electron chi connectivity index (χ4n) is 7.26. The van der Waals surface area contributed by atoms with E-state index >= 15 is 0 Å². The van der Waals surface area contributed by atoms with Gasteiger partial charge >= 0.3 is 137 Å². The standard InChI is InChI=1S/C33H33.C15H8F6.C5H5.2ClH.Hf/c1-32(2,3)30-20-26-24(18-28(30)22-13-9-7-10-14-22)17-25-19-29(23-15-11-8-12-16-23)31(21-27(25)26)33(4,5)6;16-14(17,18)12-5-1-10(2-6-12)9-11-3-7-13(8-4-11)15(19,20)21;1-2-4-5-3-1;;;/h7-16,18,20-21H,17H2,1-6H3;1-8H;1-3H,4H2;2*1H;/q-1;;-1;;;+2. The number of hydrogen-bond donors (Lipinski definition) is 0. The van der Waals surface area contributed by atoms with Gasteiger partial charge in [-0.25, -0.2) is 12.2 Å². The first-order valence-corrected chi connectivity index (χ1v) is 21.6. The molecule has 0 unspecified atom stereocenters. The number of alkyl halides is 6. The van der Waals surface area contributed by atoms with Crippen LogP contribution in [-0.4, -0.2) is 3.26 Å². The molecule has 0 fully saturated rings. The molecule has 9 heteroatoms. The molecule has 6 aromatic rings. The van der Waals surface area contributed by atoms with E-state index in [2.05, 4.69) is 139 Å². The molecule has 0 nitrogen and oxygen atoms in total. The van der Waals surface area contributed by atoms with Crippen LogP contribution in [0.25, 0.3) is 33.4 Å². The van der Waals surface area contributed by atoms with Gasteiger partial charge in [0, 0.05) is 0 Å². The van der Waals surface area contributed by atoms with E-state index in [4.69, 9.17) is 0 Å². The summed E-state index contributed by atoms with van der Waals surface area (Å²) in [6.45, 7) is 13.9. The normalized spacial score (nSPS) is 12.7. The average molecular weight is 1050 g/mol. The smallest absolute Gasteiger partial charge is 0.109 e. The molecule has 2 aliphatic carbocycles. The zero-order valence-corrected chi connectivity index (χ0v) is 40.6. The monoisotopic (exact) mass is 1050 g/mol. The Balaban J connectivity index is 0.000000252. The number of benzene rings is 6. The van der Waals surface area contributed by atoms with Gasteiger partial charge in [0.25, 0.3) is 0 Å². The van der Waals surface area contributed by atoms with Crippen LogP contribution in [0.15, 0.2) is 146 Å². The third-order valence-electron chi connectivity index (χ3n) is 10.4. The van der Waals surface area contributed by atoms with Crippen LogP contribution < -0.4 is 0 Å². The maximum Gasteiger partial charge on any atom is -0.109 e. The summed E-state index contributed by atoms with van der Waals surface area (Å²) in [6, 6.07) is 42.1. The molecule has 2 aliphatic rings. The topological polar surface area (TPSA) is 0 Å². The fraction of sp³-hybridized carbons (Fsp3) is 0.226. The molecule has 0 N–H and O–H groups in total. The number of rotatable bonds is 4. The van der Waals surface area contributed by atoms with Crippen LogP contribution in [0.2, 0.25) is 0 Å². The molecular formula is C53H48Cl2F6Hf.